The van der Waals surface area contributed by atoms with Gasteiger partial charge in [-0.15, -0.1) is 11.8 Å². The van der Waals surface area contributed by atoms with Gasteiger partial charge in [-0.25, -0.2) is 0 Å². The largest absolute Gasteiger partial charge is 0.352 e. The van der Waals surface area contributed by atoms with Crippen LogP contribution in [0.5, 0.6) is 0 Å². The Balaban J connectivity index is 2.12. The number of benzene rings is 2. The fourth-order valence-corrected chi connectivity index (χ4v) is 4.97. The van der Waals surface area contributed by atoms with E-state index in [4.69, 9.17) is 23.2 Å². The summed E-state index contributed by atoms with van der Waals surface area (Å²) in [6, 6.07) is 12.6. The van der Waals surface area contributed by atoms with Gasteiger partial charge in [-0.3, -0.25) is 9.59 Å². The van der Waals surface area contributed by atoms with Gasteiger partial charge in [0, 0.05) is 32.9 Å². The molecule has 0 aliphatic heterocycles. The van der Waals surface area contributed by atoms with Crippen LogP contribution in [0.4, 0.5) is 0 Å². The Labute approximate surface area is 207 Å². The van der Waals surface area contributed by atoms with Crippen LogP contribution in [0.1, 0.15) is 38.3 Å². The summed E-state index contributed by atoms with van der Waals surface area (Å²) in [7, 11) is 0. The third-order valence-electron chi connectivity index (χ3n) is 4.94. The average Bonchev–Trinajstić information content (AvgIpc) is 2.73. The highest BCUT2D eigenvalue weighted by molar-refractivity contribution is 9.10. The number of nitrogens with zero attached hydrogens (tertiary/aromatic N) is 1. The van der Waals surface area contributed by atoms with Crippen molar-refractivity contribution >= 4 is 62.7 Å². The normalized spacial score (nSPS) is 12.8. The van der Waals surface area contributed by atoms with Crippen LogP contribution >= 0.6 is 50.9 Å². The third-order valence-corrected chi connectivity index (χ3v) is 7.09. The SMILES string of the molecule is CC[C@@H](C)NC(=O)[C@H](C)N(Cc1cccc(Br)c1)C(=O)CSCc1c(Cl)cccc1Cl. The average molecular weight is 546 g/mol. The molecule has 8 heteroatoms. The van der Waals surface area contributed by atoms with E-state index in [1.165, 1.54) is 11.8 Å². The smallest absolute Gasteiger partial charge is 0.242 e. The molecule has 2 rings (SSSR count). The van der Waals surface area contributed by atoms with Crippen LogP contribution < -0.4 is 5.32 Å². The summed E-state index contributed by atoms with van der Waals surface area (Å²) in [4.78, 5) is 27.5. The zero-order valence-corrected chi connectivity index (χ0v) is 21.7. The Hall–Kier alpha value is -1.21. The van der Waals surface area contributed by atoms with Gasteiger partial charge in [0.05, 0.1) is 5.75 Å². The van der Waals surface area contributed by atoms with Crippen molar-refractivity contribution in [2.75, 3.05) is 5.75 Å². The van der Waals surface area contributed by atoms with Crippen LogP contribution in [0.2, 0.25) is 10.0 Å². The topological polar surface area (TPSA) is 49.4 Å². The summed E-state index contributed by atoms with van der Waals surface area (Å²) in [5, 5.41) is 4.14. The van der Waals surface area contributed by atoms with E-state index in [1.807, 2.05) is 38.1 Å². The summed E-state index contributed by atoms with van der Waals surface area (Å²) in [5.74, 6) is 0.468. The maximum atomic E-state index is 13.1. The van der Waals surface area contributed by atoms with E-state index in [0.29, 0.717) is 22.3 Å². The fourth-order valence-electron chi connectivity index (χ4n) is 2.87. The molecule has 0 bridgehead atoms. The Bertz CT molecular complexity index is 893. The van der Waals surface area contributed by atoms with Crippen molar-refractivity contribution in [3.8, 4) is 0 Å². The lowest BCUT2D eigenvalue weighted by molar-refractivity contribution is -0.138. The van der Waals surface area contributed by atoms with E-state index < -0.39 is 6.04 Å². The second kappa shape index (κ2) is 12.7. The quantitative estimate of drug-likeness (QED) is 0.380. The van der Waals surface area contributed by atoms with Gasteiger partial charge in [0.15, 0.2) is 0 Å². The summed E-state index contributed by atoms with van der Waals surface area (Å²) < 4.78 is 0.928. The number of rotatable bonds is 10. The maximum absolute atomic E-state index is 13.1. The van der Waals surface area contributed by atoms with Gasteiger partial charge >= 0.3 is 0 Å². The van der Waals surface area contributed by atoms with Crippen LogP contribution in [-0.4, -0.2) is 34.6 Å². The highest BCUT2D eigenvalue weighted by Gasteiger charge is 2.26. The van der Waals surface area contributed by atoms with Crippen molar-refractivity contribution in [3.63, 3.8) is 0 Å². The van der Waals surface area contributed by atoms with Gasteiger partial charge in [0.25, 0.3) is 0 Å². The van der Waals surface area contributed by atoms with Gasteiger partial charge in [0.1, 0.15) is 6.04 Å². The van der Waals surface area contributed by atoms with Gasteiger partial charge in [-0.05, 0) is 55.7 Å². The van der Waals surface area contributed by atoms with Crippen LogP contribution in [-0.2, 0) is 21.9 Å². The number of hydrogen-bond donors (Lipinski definition) is 1. The third kappa shape index (κ3) is 8.01. The first-order valence-electron chi connectivity index (χ1n) is 10.1. The van der Waals surface area contributed by atoms with E-state index in [9.17, 15) is 9.59 Å². The molecule has 2 amide bonds. The molecule has 0 heterocycles. The van der Waals surface area contributed by atoms with Crippen LogP contribution in [0.3, 0.4) is 0 Å². The minimum Gasteiger partial charge on any atom is -0.352 e. The molecule has 168 valence electrons. The van der Waals surface area contributed by atoms with E-state index >= 15 is 0 Å². The maximum Gasteiger partial charge on any atom is 0.242 e. The molecule has 2 aromatic carbocycles. The fraction of sp³-hybridized carbons (Fsp3) is 0.391. The van der Waals surface area contributed by atoms with Crippen LogP contribution in [0.15, 0.2) is 46.9 Å². The van der Waals surface area contributed by atoms with Gasteiger partial charge in [-0.1, -0.05) is 64.3 Å². The molecular formula is C23H27BrCl2N2O2S. The number of hydrogen-bond acceptors (Lipinski definition) is 3. The Morgan fingerprint density at radius 2 is 1.77 bits per heavy atom. The minimum atomic E-state index is -0.593. The van der Waals surface area contributed by atoms with Crippen molar-refractivity contribution in [3.05, 3.63) is 68.1 Å². The first kappa shape index (κ1) is 26.0. The molecule has 0 radical (unpaired) electrons. The van der Waals surface area contributed by atoms with Crippen molar-refractivity contribution in [1.29, 1.82) is 0 Å². The second-order valence-electron chi connectivity index (χ2n) is 7.34. The van der Waals surface area contributed by atoms with E-state index in [0.717, 1.165) is 22.0 Å². The van der Waals surface area contributed by atoms with E-state index in [-0.39, 0.29) is 23.6 Å². The minimum absolute atomic E-state index is 0.0505. The summed E-state index contributed by atoms with van der Waals surface area (Å²) in [6.45, 7) is 6.08. The lowest BCUT2D eigenvalue weighted by atomic mass is 10.1. The molecule has 2 aromatic rings. The predicted molar refractivity (Wildman–Crippen MR) is 135 cm³/mol. The van der Waals surface area contributed by atoms with Crippen LogP contribution in [0.25, 0.3) is 0 Å². The molecule has 0 fully saturated rings. The molecule has 0 unspecified atom stereocenters. The number of amides is 2. The molecule has 0 aliphatic carbocycles. The summed E-state index contributed by atoms with van der Waals surface area (Å²) in [5.41, 5.74) is 1.76. The zero-order valence-electron chi connectivity index (χ0n) is 17.8. The highest BCUT2D eigenvalue weighted by atomic mass is 79.9. The summed E-state index contributed by atoms with van der Waals surface area (Å²) >= 11 is 17.4. The van der Waals surface area contributed by atoms with Crippen molar-refractivity contribution < 1.29 is 9.59 Å². The number of carbonyl (C=O) groups excluding carboxylic acids is 2. The number of carbonyl (C=O) groups is 2. The van der Waals surface area contributed by atoms with Crippen LogP contribution in [0, 0.1) is 0 Å². The summed E-state index contributed by atoms with van der Waals surface area (Å²) in [6.07, 6.45) is 0.826. The van der Waals surface area contributed by atoms with E-state index in [2.05, 4.69) is 21.2 Å². The predicted octanol–water partition coefficient (Wildman–Crippen LogP) is 6.32. The molecule has 0 saturated carbocycles. The molecule has 0 aliphatic rings. The van der Waals surface area contributed by atoms with Crippen molar-refractivity contribution in [2.45, 2.75) is 51.6 Å². The molecule has 31 heavy (non-hydrogen) atoms. The highest BCUT2D eigenvalue weighted by Crippen LogP contribution is 2.28. The van der Waals surface area contributed by atoms with Gasteiger partial charge in [-0.2, -0.15) is 0 Å². The van der Waals surface area contributed by atoms with Gasteiger partial charge < -0.3 is 10.2 Å². The molecular weight excluding hydrogens is 519 g/mol. The monoisotopic (exact) mass is 544 g/mol. The molecule has 2 atom stereocenters. The number of nitrogens with one attached hydrogen (secondary N) is 1. The second-order valence-corrected chi connectivity index (χ2v) is 10.1. The lowest BCUT2D eigenvalue weighted by Crippen LogP contribution is -2.50. The number of thioether (sulfide) groups is 1. The molecule has 0 spiro atoms. The molecule has 0 saturated heterocycles. The molecule has 0 aromatic heterocycles. The Morgan fingerprint density at radius 1 is 1.13 bits per heavy atom. The van der Waals surface area contributed by atoms with Gasteiger partial charge in [0.2, 0.25) is 11.8 Å². The molecule has 4 nitrogen and oxygen atoms in total. The van der Waals surface area contributed by atoms with E-state index in [1.54, 1.807) is 30.0 Å². The Morgan fingerprint density at radius 3 is 2.39 bits per heavy atom. The molecule has 1 N–H and O–H groups in total. The first-order valence-corrected chi connectivity index (χ1v) is 12.8. The first-order chi connectivity index (χ1) is 14.7. The lowest BCUT2D eigenvalue weighted by Gasteiger charge is -2.29. The zero-order chi connectivity index (χ0) is 23.0. The van der Waals surface area contributed by atoms with Crippen molar-refractivity contribution in [2.24, 2.45) is 0 Å². The number of halogens is 3. The Kier molecular flexibility index (Phi) is 10.7. The van der Waals surface area contributed by atoms with Crippen molar-refractivity contribution in [1.82, 2.24) is 10.2 Å². The standard InChI is InChI=1S/C23H27BrCl2N2O2S/c1-4-15(2)27-23(30)16(3)28(12-17-7-5-8-18(24)11-17)22(29)14-31-13-19-20(25)9-6-10-21(19)26/h5-11,15-16H,4,12-14H2,1-3H3,(H,27,30)/t15-,16+/m1/s1.